The molecule has 0 bridgehead atoms. The zero-order chi connectivity index (χ0) is 14.4. The van der Waals surface area contributed by atoms with E-state index in [0.717, 1.165) is 29.9 Å². The highest BCUT2D eigenvalue weighted by Gasteiger charge is 2.04. The summed E-state index contributed by atoms with van der Waals surface area (Å²) in [5.74, 6) is 0.841. The lowest BCUT2D eigenvalue weighted by Gasteiger charge is -2.10. The van der Waals surface area contributed by atoms with Gasteiger partial charge in [0, 0.05) is 19.2 Å². The third-order valence-electron chi connectivity index (χ3n) is 3.38. The van der Waals surface area contributed by atoms with Gasteiger partial charge in [0.2, 0.25) is 0 Å². The van der Waals surface area contributed by atoms with E-state index in [1.807, 2.05) is 6.07 Å². The zero-order valence-corrected chi connectivity index (χ0v) is 12.1. The van der Waals surface area contributed by atoms with Crippen LogP contribution < -0.4 is 10.5 Å². The van der Waals surface area contributed by atoms with Crippen LogP contribution in [0.2, 0.25) is 0 Å². The predicted octanol–water partition coefficient (Wildman–Crippen LogP) is 3.01. The van der Waals surface area contributed by atoms with E-state index >= 15 is 0 Å². The van der Waals surface area contributed by atoms with E-state index in [2.05, 4.69) is 36.4 Å². The van der Waals surface area contributed by atoms with Crippen LogP contribution in [0, 0.1) is 0 Å². The number of ether oxygens (including phenoxy) is 2. The average molecular weight is 271 g/mol. The zero-order valence-electron chi connectivity index (χ0n) is 12.1. The van der Waals surface area contributed by atoms with Gasteiger partial charge in [-0.15, -0.1) is 0 Å². The summed E-state index contributed by atoms with van der Waals surface area (Å²) >= 11 is 0. The molecule has 2 rings (SSSR count). The van der Waals surface area contributed by atoms with Crippen LogP contribution in [0.15, 0.2) is 42.5 Å². The summed E-state index contributed by atoms with van der Waals surface area (Å²) in [6.07, 6.45) is 0.938. The van der Waals surface area contributed by atoms with Crippen molar-refractivity contribution in [1.29, 1.82) is 0 Å². The molecule has 0 amide bonds. The highest BCUT2D eigenvalue weighted by atomic mass is 16.5. The van der Waals surface area contributed by atoms with Gasteiger partial charge in [0.25, 0.3) is 0 Å². The lowest BCUT2D eigenvalue weighted by Crippen LogP contribution is -2.00. The van der Waals surface area contributed by atoms with Gasteiger partial charge in [-0.05, 0) is 35.2 Å². The van der Waals surface area contributed by atoms with Crippen LogP contribution in [0.3, 0.4) is 0 Å². The van der Waals surface area contributed by atoms with Crippen molar-refractivity contribution < 1.29 is 9.47 Å². The number of nitrogens with two attached hydrogens (primary N) is 1. The minimum atomic E-state index is 0.475. The summed E-state index contributed by atoms with van der Waals surface area (Å²) < 4.78 is 10.4. The van der Waals surface area contributed by atoms with Gasteiger partial charge in [-0.2, -0.15) is 0 Å². The molecule has 0 aliphatic heterocycles. The van der Waals surface area contributed by atoms with E-state index < -0.39 is 0 Å². The lowest BCUT2D eigenvalue weighted by atomic mass is 10.0. The maximum absolute atomic E-state index is 5.76. The summed E-state index contributed by atoms with van der Waals surface area (Å²) in [6.45, 7) is 1.22. The average Bonchev–Trinajstić information content (AvgIpc) is 2.52. The van der Waals surface area contributed by atoms with Crippen molar-refractivity contribution in [2.45, 2.75) is 13.0 Å². The highest BCUT2D eigenvalue weighted by molar-refractivity contribution is 5.66. The van der Waals surface area contributed by atoms with Gasteiger partial charge in [0.1, 0.15) is 5.75 Å². The molecule has 0 spiro atoms. The van der Waals surface area contributed by atoms with Gasteiger partial charge < -0.3 is 15.2 Å². The first-order valence-electron chi connectivity index (χ1n) is 6.73. The van der Waals surface area contributed by atoms with Crippen molar-refractivity contribution in [3.8, 4) is 16.9 Å². The van der Waals surface area contributed by atoms with E-state index in [1.165, 1.54) is 11.1 Å². The second-order valence-electron chi connectivity index (χ2n) is 4.67. The van der Waals surface area contributed by atoms with Gasteiger partial charge in [0.15, 0.2) is 0 Å². The molecule has 0 unspecified atom stereocenters. The third-order valence-corrected chi connectivity index (χ3v) is 3.38. The Morgan fingerprint density at radius 2 is 1.65 bits per heavy atom. The molecule has 0 atom stereocenters. The van der Waals surface area contributed by atoms with E-state index in [-0.39, 0.29) is 0 Å². The van der Waals surface area contributed by atoms with Crippen LogP contribution in [0.5, 0.6) is 5.75 Å². The summed E-state index contributed by atoms with van der Waals surface area (Å²) in [5.41, 5.74) is 10.4. The third kappa shape index (κ3) is 3.38. The van der Waals surface area contributed by atoms with Crippen molar-refractivity contribution in [1.82, 2.24) is 0 Å². The molecule has 0 saturated heterocycles. The minimum Gasteiger partial charge on any atom is -0.496 e. The van der Waals surface area contributed by atoms with E-state index in [0.29, 0.717) is 6.54 Å². The van der Waals surface area contributed by atoms with E-state index in [1.54, 1.807) is 14.2 Å². The number of benzene rings is 2. The summed E-state index contributed by atoms with van der Waals surface area (Å²) in [5, 5.41) is 0. The fourth-order valence-corrected chi connectivity index (χ4v) is 2.20. The van der Waals surface area contributed by atoms with Gasteiger partial charge in [-0.1, -0.05) is 30.3 Å². The highest BCUT2D eigenvalue weighted by Crippen LogP contribution is 2.26. The van der Waals surface area contributed by atoms with Crippen molar-refractivity contribution in [2.75, 3.05) is 20.8 Å². The molecule has 0 aromatic heterocycles. The monoisotopic (exact) mass is 271 g/mol. The molecule has 20 heavy (non-hydrogen) atoms. The molecule has 2 N–H and O–H groups in total. The molecular formula is C17H21NO2. The Balaban J connectivity index is 2.22. The minimum absolute atomic E-state index is 0.475. The van der Waals surface area contributed by atoms with Crippen LogP contribution in [-0.2, 0) is 17.7 Å². The Kier molecular flexibility index (Phi) is 5.16. The molecule has 3 nitrogen and oxygen atoms in total. The first kappa shape index (κ1) is 14.6. The summed E-state index contributed by atoms with van der Waals surface area (Å²) in [6, 6.07) is 14.7. The first-order chi connectivity index (χ1) is 9.78. The number of hydrogen-bond donors (Lipinski definition) is 1. The Labute approximate surface area is 120 Å². The molecule has 0 saturated carbocycles. The Morgan fingerprint density at radius 1 is 0.950 bits per heavy atom. The maximum Gasteiger partial charge on any atom is 0.123 e. The van der Waals surface area contributed by atoms with Crippen molar-refractivity contribution in [3.63, 3.8) is 0 Å². The largest absolute Gasteiger partial charge is 0.496 e. The quantitative estimate of drug-likeness (QED) is 0.878. The SMILES string of the molecule is COCCc1ccc(-c2ccc(OC)c(CN)c2)cc1. The number of methoxy groups -OCH3 is 2. The number of rotatable bonds is 6. The van der Waals surface area contributed by atoms with Gasteiger partial charge >= 0.3 is 0 Å². The molecule has 2 aromatic rings. The van der Waals surface area contributed by atoms with Gasteiger partial charge in [0.05, 0.1) is 13.7 Å². The fourth-order valence-electron chi connectivity index (χ4n) is 2.20. The Morgan fingerprint density at radius 3 is 2.25 bits per heavy atom. The van der Waals surface area contributed by atoms with Crippen LogP contribution in [0.1, 0.15) is 11.1 Å². The van der Waals surface area contributed by atoms with Crippen LogP contribution >= 0.6 is 0 Å². The van der Waals surface area contributed by atoms with Gasteiger partial charge in [-0.3, -0.25) is 0 Å². The smallest absolute Gasteiger partial charge is 0.123 e. The summed E-state index contributed by atoms with van der Waals surface area (Å²) in [4.78, 5) is 0. The molecule has 0 aliphatic carbocycles. The second kappa shape index (κ2) is 7.08. The second-order valence-corrected chi connectivity index (χ2v) is 4.67. The molecule has 0 aliphatic rings. The topological polar surface area (TPSA) is 44.5 Å². The van der Waals surface area contributed by atoms with Crippen LogP contribution in [0.4, 0.5) is 0 Å². The van der Waals surface area contributed by atoms with E-state index in [4.69, 9.17) is 15.2 Å². The fraction of sp³-hybridized carbons (Fsp3) is 0.294. The van der Waals surface area contributed by atoms with Crippen LogP contribution in [0.25, 0.3) is 11.1 Å². The molecular weight excluding hydrogens is 250 g/mol. The molecule has 0 heterocycles. The Bertz CT molecular complexity index is 549. The molecule has 3 heteroatoms. The Hall–Kier alpha value is -1.84. The predicted molar refractivity (Wildman–Crippen MR) is 81.9 cm³/mol. The maximum atomic E-state index is 5.76. The molecule has 0 radical (unpaired) electrons. The molecule has 2 aromatic carbocycles. The van der Waals surface area contributed by atoms with Gasteiger partial charge in [-0.25, -0.2) is 0 Å². The molecule has 0 fully saturated rings. The standard InChI is InChI=1S/C17H21NO2/c1-19-10-9-13-3-5-14(6-4-13)15-7-8-17(20-2)16(11-15)12-18/h3-8,11H,9-10,12,18H2,1-2H3. The van der Waals surface area contributed by atoms with Crippen molar-refractivity contribution in [2.24, 2.45) is 5.73 Å². The van der Waals surface area contributed by atoms with E-state index in [9.17, 15) is 0 Å². The normalized spacial score (nSPS) is 10.6. The number of hydrogen-bond acceptors (Lipinski definition) is 3. The van der Waals surface area contributed by atoms with Crippen molar-refractivity contribution >= 4 is 0 Å². The lowest BCUT2D eigenvalue weighted by molar-refractivity contribution is 0.202. The first-order valence-corrected chi connectivity index (χ1v) is 6.73. The van der Waals surface area contributed by atoms with Crippen LogP contribution in [-0.4, -0.2) is 20.8 Å². The molecule has 106 valence electrons. The summed E-state index contributed by atoms with van der Waals surface area (Å²) in [7, 11) is 3.39. The van der Waals surface area contributed by atoms with Crippen molar-refractivity contribution in [3.05, 3.63) is 53.6 Å².